The van der Waals surface area contributed by atoms with E-state index >= 15 is 0 Å². The minimum atomic E-state index is -0.555. The summed E-state index contributed by atoms with van der Waals surface area (Å²) >= 11 is 4.53. The smallest absolute Gasteiger partial charge is 0.239 e. The number of rotatable bonds is 4. The Bertz CT molecular complexity index is 279. The zero-order valence-corrected chi connectivity index (χ0v) is 9.56. The summed E-state index contributed by atoms with van der Waals surface area (Å²) in [5.74, 6) is 0.510. The van der Waals surface area contributed by atoms with Gasteiger partial charge in [-0.05, 0) is 40.4 Å². The lowest BCUT2D eigenvalue weighted by molar-refractivity contribution is 0.173. The van der Waals surface area contributed by atoms with Crippen LogP contribution in [0, 0.1) is 0 Å². The Morgan fingerprint density at radius 1 is 1.77 bits per heavy atom. The first kappa shape index (κ1) is 10.9. The number of aliphatic hydroxyl groups is 1. The number of ether oxygens (including phenoxy) is 1. The second kappa shape index (κ2) is 4.90. The SMILES string of the molecule is COc1nsc(C(O)CCN)c1Br. The molecule has 0 amide bonds. The molecule has 3 N–H and O–H groups in total. The van der Waals surface area contributed by atoms with Crippen molar-refractivity contribution in [1.29, 1.82) is 0 Å². The van der Waals surface area contributed by atoms with Crippen molar-refractivity contribution in [3.63, 3.8) is 0 Å². The van der Waals surface area contributed by atoms with Crippen LogP contribution in [0.2, 0.25) is 0 Å². The molecule has 0 radical (unpaired) electrons. The lowest BCUT2D eigenvalue weighted by atomic mass is 10.2. The highest BCUT2D eigenvalue weighted by Crippen LogP contribution is 2.36. The number of methoxy groups -OCH3 is 1. The van der Waals surface area contributed by atoms with Crippen molar-refractivity contribution in [2.24, 2.45) is 5.73 Å². The molecule has 0 spiro atoms. The molecule has 74 valence electrons. The van der Waals surface area contributed by atoms with Gasteiger partial charge in [0.2, 0.25) is 5.88 Å². The Hall–Kier alpha value is -0.170. The second-order valence-corrected chi connectivity index (χ2v) is 4.06. The van der Waals surface area contributed by atoms with Crippen molar-refractivity contribution < 1.29 is 9.84 Å². The van der Waals surface area contributed by atoms with Gasteiger partial charge >= 0.3 is 0 Å². The highest BCUT2D eigenvalue weighted by Gasteiger charge is 2.17. The van der Waals surface area contributed by atoms with Gasteiger partial charge in [0.15, 0.2) is 0 Å². The average Bonchev–Trinajstić information content (AvgIpc) is 2.47. The Kier molecular flexibility index (Phi) is 4.11. The molecule has 13 heavy (non-hydrogen) atoms. The van der Waals surface area contributed by atoms with Gasteiger partial charge < -0.3 is 15.6 Å². The van der Waals surface area contributed by atoms with Crippen molar-refractivity contribution in [3.05, 3.63) is 9.35 Å². The predicted molar refractivity (Wildman–Crippen MR) is 55.0 cm³/mol. The minimum absolute atomic E-state index is 0.452. The van der Waals surface area contributed by atoms with Crippen LogP contribution >= 0.6 is 27.5 Å². The van der Waals surface area contributed by atoms with Crippen LogP contribution in [0.15, 0.2) is 4.47 Å². The summed E-state index contributed by atoms with van der Waals surface area (Å²) in [7, 11) is 1.54. The van der Waals surface area contributed by atoms with E-state index in [4.69, 9.17) is 10.5 Å². The molecule has 0 fully saturated rings. The lowest BCUT2D eigenvalue weighted by Crippen LogP contribution is -2.05. The summed E-state index contributed by atoms with van der Waals surface area (Å²) < 4.78 is 9.70. The van der Waals surface area contributed by atoms with Crippen molar-refractivity contribution in [2.75, 3.05) is 13.7 Å². The quantitative estimate of drug-likeness (QED) is 0.862. The van der Waals surface area contributed by atoms with Gasteiger partial charge in [0.1, 0.15) is 0 Å². The first-order valence-electron chi connectivity index (χ1n) is 3.78. The fourth-order valence-corrected chi connectivity index (χ4v) is 2.50. The number of nitrogens with zero attached hydrogens (tertiary/aromatic N) is 1. The minimum Gasteiger partial charge on any atom is -0.480 e. The molecule has 0 saturated heterocycles. The number of aromatic nitrogens is 1. The first-order valence-corrected chi connectivity index (χ1v) is 5.34. The third-order valence-electron chi connectivity index (χ3n) is 1.57. The zero-order chi connectivity index (χ0) is 9.84. The standard InChI is InChI=1S/C7H11BrN2O2S/c1-12-7-5(8)6(13-10-7)4(11)2-3-9/h4,11H,2-3,9H2,1H3. The van der Waals surface area contributed by atoms with E-state index in [1.165, 1.54) is 11.5 Å². The van der Waals surface area contributed by atoms with Crippen molar-refractivity contribution in [2.45, 2.75) is 12.5 Å². The summed E-state index contributed by atoms with van der Waals surface area (Å²) in [4.78, 5) is 0.766. The van der Waals surface area contributed by atoms with Gasteiger partial charge in [0, 0.05) is 0 Å². The van der Waals surface area contributed by atoms with Gasteiger partial charge in [0.25, 0.3) is 0 Å². The maximum atomic E-state index is 9.62. The van der Waals surface area contributed by atoms with E-state index in [1.807, 2.05) is 0 Å². The molecule has 0 bridgehead atoms. The lowest BCUT2D eigenvalue weighted by Gasteiger charge is -2.05. The van der Waals surface area contributed by atoms with Crippen LogP contribution < -0.4 is 10.5 Å². The fourth-order valence-electron chi connectivity index (χ4n) is 0.899. The molecule has 0 saturated carbocycles. The van der Waals surface area contributed by atoms with Crippen LogP contribution in [-0.2, 0) is 0 Å². The van der Waals surface area contributed by atoms with E-state index in [0.29, 0.717) is 18.8 Å². The molecule has 1 aromatic rings. The number of halogens is 1. The molecule has 1 atom stereocenters. The Balaban J connectivity index is 2.82. The summed E-state index contributed by atoms with van der Waals surface area (Å²) in [5, 5.41) is 9.62. The fraction of sp³-hybridized carbons (Fsp3) is 0.571. The van der Waals surface area contributed by atoms with E-state index < -0.39 is 6.10 Å². The summed E-state index contributed by atoms with van der Waals surface area (Å²) in [6.07, 6.45) is -0.0231. The van der Waals surface area contributed by atoms with Crippen LogP contribution in [0.1, 0.15) is 17.4 Å². The van der Waals surface area contributed by atoms with E-state index in [0.717, 1.165) is 9.35 Å². The molecule has 6 heteroatoms. The predicted octanol–water partition coefficient (Wildman–Crippen LogP) is 1.30. The molecule has 1 unspecified atom stereocenters. The van der Waals surface area contributed by atoms with Crippen LogP contribution in [0.25, 0.3) is 0 Å². The molecule has 0 aromatic carbocycles. The van der Waals surface area contributed by atoms with Crippen molar-refractivity contribution in [1.82, 2.24) is 4.37 Å². The molecule has 0 aliphatic heterocycles. The summed E-state index contributed by atoms with van der Waals surface area (Å²) in [6.45, 7) is 0.452. The van der Waals surface area contributed by atoms with Gasteiger partial charge in [-0.1, -0.05) is 0 Å². The summed E-state index contributed by atoms with van der Waals surface area (Å²) in [5.41, 5.74) is 5.33. The molecular formula is C7H11BrN2O2S. The second-order valence-electron chi connectivity index (χ2n) is 2.46. The van der Waals surface area contributed by atoms with Crippen LogP contribution in [0.5, 0.6) is 5.88 Å². The zero-order valence-electron chi connectivity index (χ0n) is 7.16. The van der Waals surface area contributed by atoms with Gasteiger partial charge in [-0.15, -0.1) is 0 Å². The van der Waals surface area contributed by atoms with Crippen molar-refractivity contribution in [3.8, 4) is 5.88 Å². The maximum absolute atomic E-state index is 9.62. The van der Waals surface area contributed by atoms with E-state index in [-0.39, 0.29) is 0 Å². The Labute approximate surface area is 89.0 Å². The first-order chi connectivity index (χ1) is 6.20. The van der Waals surface area contributed by atoms with E-state index in [1.54, 1.807) is 7.11 Å². The van der Waals surface area contributed by atoms with Gasteiger partial charge in [-0.25, -0.2) is 0 Å². The molecule has 1 rings (SSSR count). The van der Waals surface area contributed by atoms with E-state index in [9.17, 15) is 5.11 Å². The molecular weight excluding hydrogens is 256 g/mol. The Morgan fingerprint density at radius 3 is 2.92 bits per heavy atom. The third kappa shape index (κ3) is 2.40. The number of aliphatic hydroxyl groups excluding tert-OH is 1. The topological polar surface area (TPSA) is 68.4 Å². The van der Waals surface area contributed by atoms with Crippen LogP contribution in [-0.4, -0.2) is 23.1 Å². The number of hydrogen-bond acceptors (Lipinski definition) is 5. The molecule has 0 aliphatic carbocycles. The summed E-state index contributed by atoms with van der Waals surface area (Å²) in [6, 6.07) is 0. The van der Waals surface area contributed by atoms with Crippen molar-refractivity contribution >= 4 is 27.5 Å². The van der Waals surface area contributed by atoms with Gasteiger partial charge in [0.05, 0.1) is 22.6 Å². The van der Waals surface area contributed by atoms with Gasteiger partial charge in [-0.2, -0.15) is 4.37 Å². The monoisotopic (exact) mass is 266 g/mol. The molecule has 0 aliphatic rings. The number of hydrogen-bond donors (Lipinski definition) is 2. The van der Waals surface area contributed by atoms with Crippen LogP contribution in [0.3, 0.4) is 0 Å². The Morgan fingerprint density at radius 2 is 2.46 bits per heavy atom. The largest absolute Gasteiger partial charge is 0.480 e. The molecule has 1 aromatic heterocycles. The average molecular weight is 267 g/mol. The molecule has 4 nitrogen and oxygen atoms in total. The maximum Gasteiger partial charge on any atom is 0.239 e. The number of nitrogens with two attached hydrogens (primary N) is 1. The molecule has 1 heterocycles. The highest BCUT2D eigenvalue weighted by molar-refractivity contribution is 9.10. The van der Waals surface area contributed by atoms with Gasteiger partial charge in [-0.3, -0.25) is 0 Å². The van der Waals surface area contributed by atoms with Crippen LogP contribution in [0.4, 0.5) is 0 Å². The third-order valence-corrected chi connectivity index (χ3v) is 3.53. The normalized spacial score (nSPS) is 12.9. The van der Waals surface area contributed by atoms with E-state index in [2.05, 4.69) is 20.3 Å². The highest BCUT2D eigenvalue weighted by atomic mass is 79.9.